The molecule has 1 aromatic carbocycles. The maximum atomic E-state index is 13.2. The second-order valence-electron chi connectivity index (χ2n) is 3.19. The number of anilines is 1. The molecule has 1 aliphatic rings. The molecule has 0 radical (unpaired) electrons. The van der Waals surface area contributed by atoms with Crippen molar-refractivity contribution in [1.29, 1.82) is 0 Å². The molecule has 74 valence electrons. The molecule has 0 fully saturated rings. The highest BCUT2D eigenvalue weighted by molar-refractivity contribution is 5.95. The lowest BCUT2D eigenvalue weighted by Crippen LogP contribution is -2.26. The van der Waals surface area contributed by atoms with Gasteiger partial charge in [0.05, 0.1) is 6.54 Å². The van der Waals surface area contributed by atoms with Gasteiger partial charge in [-0.2, -0.15) is 0 Å². The van der Waals surface area contributed by atoms with E-state index in [1.807, 2.05) is 6.07 Å². The number of guanidine groups is 1. The maximum Gasteiger partial charge on any atom is 0.195 e. The molecule has 1 aliphatic heterocycles. The van der Waals surface area contributed by atoms with Gasteiger partial charge in [-0.15, -0.1) is 0 Å². The molecule has 14 heavy (non-hydrogen) atoms. The van der Waals surface area contributed by atoms with Gasteiger partial charge in [0.2, 0.25) is 0 Å². The number of rotatable bonds is 1. The lowest BCUT2D eigenvalue weighted by molar-refractivity contribution is 0.619. The van der Waals surface area contributed by atoms with Gasteiger partial charge in [0.25, 0.3) is 0 Å². The number of aliphatic imine (C=N–C) groups is 1. The number of hydrogen-bond acceptors (Lipinski definition) is 3. The second kappa shape index (κ2) is 3.65. The summed E-state index contributed by atoms with van der Waals surface area (Å²) >= 11 is 0. The summed E-state index contributed by atoms with van der Waals surface area (Å²) in [5, 5.41) is 6.12. The lowest BCUT2D eigenvalue weighted by atomic mass is 10.2. The third-order valence-corrected chi connectivity index (χ3v) is 2.19. The average Bonchev–Trinajstić information content (AvgIpc) is 2.66. The van der Waals surface area contributed by atoms with E-state index in [1.165, 1.54) is 6.07 Å². The molecule has 4 heteroatoms. The number of nitrogens with one attached hydrogen (secondary N) is 2. The molecular weight excluding hydrogens is 181 g/mol. The Hall–Kier alpha value is -1.58. The number of hydrogen-bond donors (Lipinski definition) is 2. The van der Waals surface area contributed by atoms with E-state index < -0.39 is 0 Å². The van der Waals surface area contributed by atoms with Gasteiger partial charge in [0.1, 0.15) is 5.82 Å². The van der Waals surface area contributed by atoms with Crippen LogP contribution in [0, 0.1) is 12.7 Å². The summed E-state index contributed by atoms with van der Waals surface area (Å²) in [6.07, 6.45) is 0. The van der Waals surface area contributed by atoms with E-state index >= 15 is 0 Å². The van der Waals surface area contributed by atoms with Gasteiger partial charge in [-0.1, -0.05) is 6.07 Å². The predicted octanol–water partition coefficient (Wildman–Crippen LogP) is 1.51. The first kappa shape index (κ1) is 8.99. The van der Waals surface area contributed by atoms with Gasteiger partial charge < -0.3 is 10.6 Å². The molecule has 0 bridgehead atoms. The second-order valence-corrected chi connectivity index (χ2v) is 3.19. The van der Waals surface area contributed by atoms with Crippen LogP contribution in [0.4, 0.5) is 10.1 Å². The molecule has 0 saturated carbocycles. The van der Waals surface area contributed by atoms with Gasteiger partial charge in [-0.05, 0) is 19.1 Å². The zero-order chi connectivity index (χ0) is 9.97. The smallest absolute Gasteiger partial charge is 0.195 e. The van der Waals surface area contributed by atoms with E-state index in [2.05, 4.69) is 15.6 Å². The van der Waals surface area contributed by atoms with Crippen LogP contribution in [-0.4, -0.2) is 19.0 Å². The average molecular weight is 193 g/mol. The van der Waals surface area contributed by atoms with E-state index in [1.54, 1.807) is 13.0 Å². The third-order valence-electron chi connectivity index (χ3n) is 2.19. The normalized spacial score (nSPS) is 14.9. The van der Waals surface area contributed by atoms with Crippen molar-refractivity contribution in [2.75, 3.05) is 18.4 Å². The SMILES string of the molecule is Cc1c(F)cccc1NC1=NCCN1. The third kappa shape index (κ3) is 1.69. The van der Waals surface area contributed by atoms with Crippen molar-refractivity contribution in [2.45, 2.75) is 6.92 Å². The standard InChI is InChI=1S/C10H12FN3/c1-7-8(11)3-2-4-9(7)14-10-12-5-6-13-10/h2-4H,5-6H2,1H3,(H2,12,13,14). The zero-order valence-electron chi connectivity index (χ0n) is 7.97. The van der Waals surface area contributed by atoms with E-state index in [0.29, 0.717) is 5.56 Å². The van der Waals surface area contributed by atoms with Crippen LogP contribution in [0.3, 0.4) is 0 Å². The van der Waals surface area contributed by atoms with E-state index in [9.17, 15) is 4.39 Å². The fraction of sp³-hybridized carbons (Fsp3) is 0.300. The Balaban J connectivity index is 2.20. The van der Waals surface area contributed by atoms with Gasteiger partial charge >= 0.3 is 0 Å². The van der Waals surface area contributed by atoms with Crippen molar-refractivity contribution < 1.29 is 4.39 Å². The van der Waals surface area contributed by atoms with Crippen LogP contribution in [0.2, 0.25) is 0 Å². The monoisotopic (exact) mass is 193 g/mol. The Morgan fingerprint density at radius 3 is 3.07 bits per heavy atom. The van der Waals surface area contributed by atoms with Crippen molar-refractivity contribution in [3.8, 4) is 0 Å². The highest BCUT2D eigenvalue weighted by Gasteiger charge is 2.08. The molecule has 0 unspecified atom stereocenters. The van der Waals surface area contributed by atoms with Gasteiger partial charge in [0.15, 0.2) is 5.96 Å². The molecule has 1 heterocycles. The summed E-state index contributed by atoms with van der Waals surface area (Å²) in [5.74, 6) is 0.521. The summed E-state index contributed by atoms with van der Waals surface area (Å²) in [4.78, 5) is 4.17. The van der Waals surface area contributed by atoms with Crippen LogP contribution in [0.25, 0.3) is 0 Å². The minimum atomic E-state index is -0.200. The van der Waals surface area contributed by atoms with Gasteiger partial charge in [0, 0.05) is 17.8 Å². The predicted molar refractivity (Wildman–Crippen MR) is 55.1 cm³/mol. The maximum absolute atomic E-state index is 13.2. The van der Waals surface area contributed by atoms with Crippen molar-refractivity contribution >= 4 is 11.6 Å². The first-order valence-electron chi connectivity index (χ1n) is 4.58. The first-order chi connectivity index (χ1) is 6.77. The zero-order valence-corrected chi connectivity index (χ0v) is 7.97. The van der Waals surface area contributed by atoms with Crippen molar-refractivity contribution in [3.63, 3.8) is 0 Å². The van der Waals surface area contributed by atoms with Crippen molar-refractivity contribution in [1.82, 2.24) is 5.32 Å². The number of benzene rings is 1. The Labute approximate surface area is 82.0 Å². The van der Waals surface area contributed by atoms with E-state index in [4.69, 9.17) is 0 Å². The first-order valence-corrected chi connectivity index (χ1v) is 4.58. The van der Waals surface area contributed by atoms with Crippen LogP contribution in [0.15, 0.2) is 23.2 Å². The Kier molecular flexibility index (Phi) is 2.35. The fourth-order valence-electron chi connectivity index (χ4n) is 1.35. The van der Waals surface area contributed by atoms with Crippen molar-refractivity contribution in [2.24, 2.45) is 4.99 Å². The molecule has 3 nitrogen and oxygen atoms in total. The van der Waals surface area contributed by atoms with Crippen LogP contribution >= 0.6 is 0 Å². The highest BCUT2D eigenvalue weighted by atomic mass is 19.1. The van der Waals surface area contributed by atoms with Crippen LogP contribution in [0.5, 0.6) is 0 Å². The molecule has 2 rings (SSSR count). The molecule has 0 aliphatic carbocycles. The molecule has 2 N–H and O–H groups in total. The molecule has 0 spiro atoms. The molecule has 0 saturated heterocycles. The van der Waals surface area contributed by atoms with E-state index in [0.717, 1.165) is 24.7 Å². The quantitative estimate of drug-likeness (QED) is 0.709. The highest BCUT2D eigenvalue weighted by Crippen LogP contribution is 2.17. The summed E-state index contributed by atoms with van der Waals surface area (Å²) in [7, 11) is 0. The number of halogens is 1. The Bertz CT molecular complexity index is 374. The van der Waals surface area contributed by atoms with Crippen molar-refractivity contribution in [3.05, 3.63) is 29.6 Å². The summed E-state index contributed by atoms with van der Waals surface area (Å²) < 4.78 is 13.2. The molecule has 1 aromatic rings. The summed E-state index contributed by atoms with van der Waals surface area (Å²) in [5.41, 5.74) is 1.38. The van der Waals surface area contributed by atoms with Crippen LogP contribution < -0.4 is 10.6 Å². The largest absolute Gasteiger partial charge is 0.354 e. The topological polar surface area (TPSA) is 36.4 Å². The summed E-state index contributed by atoms with van der Waals surface area (Å²) in [6, 6.07) is 4.96. The summed E-state index contributed by atoms with van der Waals surface area (Å²) in [6.45, 7) is 3.36. The minimum absolute atomic E-state index is 0.200. The Morgan fingerprint density at radius 2 is 2.36 bits per heavy atom. The van der Waals surface area contributed by atoms with Gasteiger partial charge in [-0.25, -0.2) is 4.39 Å². The lowest BCUT2D eigenvalue weighted by Gasteiger charge is -2.09. The number of nitrogens with zero attached hydrogens (tertiary/aromatic N) is 1. The van der Waals surface area contributed by atoms with Crippen LogP contribution in [0.1, 0.15) is 5.56 Å². The van der Waals surface area contributed by atoms with Crippen LogP contribution in [-0.2, 0) is 0 Å². The molecular formula is C10H12FN3. The minimum Gasteiger partial charge on any atom is -0.354 e. The molecule has 0 amide bonds. The van der Waals surface area contributed by atoms with Gasteiger partial charge in [-0.3, -0.25) is 4.99 Å². The molecule has 0 aromatic heterocycles. The molecule has 0 atom stereocenters. The Morgan fingerprint density at radius 1 is 1.50 bits per heavy atom. The van der Waals surface area contributed by atoms with E-state index in [-0.39, 0.29) is 5.82 Å². The fourth-order valence-corrected chi connectivity index (χ4v) is 1.35.